The number of nitrogens with zero attached hydrogens (tertiary/aromatic N) is 2. The molecule has 1 atom stereocenters. The van der Waals surface area contributed by atoms with Crippen LogP contribution < -0.4 is 15.0 Å². The maximum Gasteiger partial charge on any atom is 0.324 e. The van der Waals surface area contributed by atoms with Gasteiger partial charge >= 0.3 is 6.03 Å². The SMILES string of the molecule is Cc1ccc2c(c1)N(C(=O)N1CCC(C(=O)NCc3cccc(Br)c3)CC1)CC(C)O2. The summed E-state index contributed by atoms with van der Waals surface area (Å²) in [5.41, 5.74) is 2.98. The Bertz CT molecular complexity index is 972. The number of carbonyl (C=O) groups excluding carboxylic acids is 2. The zero-order chi connectivity index (χ0) is 22.0. The number of halogens is 1. The molecule has 0 bridgehead atoms. The number of urea groups is 1. The van der Waals surface area contributed by atoms with Gasteiger partial charge in [0.05, 0.1) is 12.2 Å². The number of hydrogen-bond acceptors (Lipinski definition) is 3. The zero-order valence-electron chi connectivity index (χ0n) is 17.9. The summed E-state index contributed by atoms with van der Waals surface area (Å²) in [6.45, 7) is 6.20. The predicted molar refractivity (Wildman–Crippen MR) is 124 cm³/mol. The van der Waals surface area contributed by atoms with E-state index in [4.69, 9.17) is 4.74 Å². The minimum Gasteiger partial charge on any atom is -0.487 e. The molecule has 0 saturated carbocycles. The second-order valence-corrected chi connectivity index (χ2v) is 9.32. The highest BCUT2D eigenvalue weighted by atomic mass is 79.9. The van der Waals surface area contributed by atoms with Crippen molar-refractivity contribution >= 4 is 33.6 Å². The summed E-state index contributed by atoms with van der Waals surface area (Å²) < 4.78 is 6.91. The maximum atomic E-state index is 13.3. The molecule has 2 aliphatic rings. The van der Waals surface area contributed by atoms with Gasteiger partial charge in [-0.2, -0.15) is 0 Å². The fourth-order valence-electron chi connectivity index (χ4n) is 4.21. The van der Waals surface area contributed by atoms with Gasteiger partial charge in [-0.05, 0) is 62.1 Å². The molecule has 1 unspecified atom stereocenters. The van der Waals surface area contributed by atoms with Gasteiger partial charge in [0.2, 0.25) is 5.91 Å². The molecule has 4 rings (SSSR count). The van der Waals surface area contributed by atoms with Crippen molar-refractivity contribution in [3.8, 4) is 5.75 Å². The fraction of sp³-hybridized carbons (Fsp3) is 0.417. The second kappa shape index (κ2) is 9.30. The highest BCUT2D eigenvalue weighted by Crippen LogP contribution is 2.35. The molecule has 2 aromatic carbocycles. The molecule has 0 spiro atoms. The molecule has 7 heteroatoms. The van der Waals surface area contributed by atoms with Crippen molar-refractivity contribution in [3.63, 3.8) is 0 Å². The number of hydrogen-bond donors (Lipinski definition) is 1. The smallest absolute Gasteiger partial charge is 0.324 e. The normalized spacial score (nSPS) is 18.9. The number of rotatable bonds is 3. The Balaban J connectivity index is 1.34. The average Bonchev–Trinajstić information content (AvgIpc) is 2.77. The van der Waals surface area contributed by atoms with Crippen LogP contribution in [0.25, 0.3) is 0 Å². The largest absolute Gasteiger partial charge is 0.487 e. The second-order valence-electron chi connectivity index (χ2n) is 8.40. The van der Waals surface area contributed by atoms with Crippen molar-refractivity contribution in [1.29, 1.82) is 0 Å². The third-order valence-corrected chi connectivity index (χ3v) is 6.39. The Morgan fingerprint density at radius 1 is 1.16 bits per heavy atom. The van der Waals surface area contributed by atoms with Gasteiger partial charge in [-0.3, -0.25) is 9.69 Å². The van der Waals surface area contributed by atoms with Gasteiger partial charge in [0.15, 0.2) is 0 Å². The minimum atomic E-state index is -0.0608. The summed E-state index contributed by atoms with van der Waals surface area (Å²) in [5.74, 6) is 0.752. The molecule has 2 heterocycles. The van der Waals surface area contributed by atoms with Crippen molar-refractivity contribution in [2.24, 2.45) is 5.92 Å². The molecular formula is C24H28BrN3O3. The lowest BCUT2D eigenvalue weighted by atomic mass is 9.96. The van der Waals surface area contributed by atoms with Crippen LogP contribution in [0.5, 0.6) is 5.75 Å². The van der Waals surface area contributed by atoms with Crippen LogP contribution in [-0.4, -0.2) is 42.6 Å². The first kappa shape index (κ1) is 21.7. The lowest BCUT2D eigenvalue weighted by Crippen LogP contribution is -2.52. The number of amides is 3. The average molecular weight is 486 g/mol. The lowest BCUT2D eigenvalue weighted by molar-refractivity contribution is -0.126. The Labute approximate surface area is 191 Å². The summed E-state index contributed by atoms with van der Waals surface area (Å²) >= 11 is 3.45. The van der Waals surface area contributed by atoms with Gasteiger partial charge in [-0.25, -0.2) is 4.79 Å². The number of aryl methyl sites for hydroxylation is 1. The number of benzene rings is 2. The molecule has 2 aliphatic heterocycles. The molecule has 6 nitrogen and oxygen atoms in total. The van der Waals surface area contributed by atoms with Gasteiger partial charge in [-0.1, -0.05) is 34.1 Å². The van der Waals surface area contributed by atoms with Crippen LogP contribution in [0.15, 0.2) is 46.9 Å². The predicted octanol–water partition coefficient (Wildman–Crippen LogP) is 4.49. The van der Waals surface area contributed by atoms with Crippen molar-refractivity contribution < 1.29 is 14.3 Å². The van der Waals surface area contributed by atoms with Gasteiger partial charge in [0.25, 0.3) is 0 Å². The number of likely N-dealkylation sites (tertiary alicyclic amines) is 1. The van der Waals surface area contributed by atoms with E-state index in [0.29, 0.717) is 39.0 Å². The van der Waals surface area contributed by atoms with Crippen molar-refractivity contribution in [1.82, 2.24) is 10.2 Å². The number of piperidine rings is 1. The van der Waals surface area contributed by atoms with E-state index in [1.807, 2.05) is 66.1 Å². The van der Waals surface area contributed by atoms with E-state index in [1.165, 1.54) is 0 Å². The third-order valence-electron chi connectivity index (χ3n) is 5.90. The molecule has 0 radical (unpaired) electrons. The molecule has 31 heavy (non-hydrogen) atoms. The minimum absolute atomic E-state index is 0.00464. The van der Waals surface area contributed by atoms with Crippen molar-refractivity contribution in [3.05, 3.63) is 58.1 Å². The van der Waals surface area contributed by atoms with Crippen LogP contribution in [0.1, 0.15) is 30.9 Å². The highest BCUT2D eigenvalue weighted by Gasteiger charge is 2.33. The quantitative estimate of drug-likeness (QED) is 0.696. The van der Waals surface area contributed by atoms with Gasteiger partial charge < -0.3 is 15.0 Å². The Morgan fingerprint density at radius 3 is 2.68 bits per heavy atom. The molecule has 1 N–H and O–H groups in total. The molecule has 0 aromatic heterocycles. The van der Waals surface area contributed by atoms with Crippen LogP contribution in [0, 0.1) is 12.8 Å². The molecule has 3 amide bonds. The van der Waals surface area contributed by atoms with E-state index in [9.17, 15) is 9.59 Å². The topological polar surface area (TPSA) is 61.9 Å². The van der Waals surface area contributed by atoms with E-state index in [2.05, 4.69) is 21.2 Å². The van der Waals surface area contributed by atoms with Gasteiger partial charge in [-0.15, -0.1) is 0 Å². The van der Waals surface area contributed by atoms with Crippen LogP contribution in [0.4, 0.5) is 10.5 Å². The number of anilines is 1. The van der Waals surface area contributed by atoms with Crippen LogP contribution in [-0.2, 0) is 11.3 Å². The fourth-order valence-corrected chi connectivity index (χ4v) is 4.66. The molecule has 1 saturated heterocycles. The Hall–Kier alpha value is -2.54. The lowest BCUT2D eigenvalue weighted by Gasteiger charge is -2.39. The third kappa shape index (κ3) is 5.03. The van der Waals surface area contributed by atoms with E-state index >= 15 is 0 Å². The maximum absolute atomic E-state index is 13.3. The first-order valence-electron chi connectivity index (χ1n) is 10.8. The zero-order valence-corrected chi connectivity index (χ0v) is 19.5. The summed E-state index contributed by atoms with van der Waals surface area (Å²) in [6, 6.07) is 13.9. The van der Waals surface area contributed by atoms with E-state index in [-0.39, 0.29) is 24.0 Å². The first-order valence-corrected chi connectivity index (χ1v) is 11.6. The molecule has 0 aliphatic carbocycles. The van der Waals surface area contributed by atoms with E-state index < -0.39 is 0 Å². The van der Waals surface area contributed by atoms with Gasteiger partial charge in [0.1, 0.15) is 11.9 Å². The highest BCUT2D eigenvalue weighted by molar-refractivity contribution is 9.10. The number of ether oxygens (including phenoxy) is 1. The standard InChI is InChI=1S/C24H28BrN3O3/c1-16-6-7-22-21(12-16)28(15-17(2)31-22)24(30)27-10-8-19(9-11-27)23(29)26-14-18-4-3-5-20(25)13-18/h3-7,12-13,17,19H,8-11,14-15H2,1-2H3,(H,26,29). The van der Waals surface area contributed by atoms with E-state index in [1.54, 1.807) is 0 Å². The van der Waals surface area contributed by atoms with Crippen LogP contribution >= 0.6 is 15.9 Å². The summed E-state index contributed by atoms with van der Waals surface area (Å²) in [4.78, 5) is 29.6. The number of carbonyl (C=O) groups is 2. The number of fused-ring (bicyclic) bond motifs is 1. The van der Waals surface area contributed by atoms with Crippen LogP contribution in [0.3, 0.4) is 0 Å². The monoisotopic (exact) mass is 485 g/mol. The van der Waals surface area contributed by atoms with E-state index in [0.717, 1.165) is 27.0 Å². The number of nitrogens with one attached hydrogen (secondary N) is 1. The summed E-state index contributed by atoms with van der Waals surface area (Å²) in [5, 5.41) is 3.04. The Kier molecular flexibility index (Phi) is 6.51. The Morgan fingerprint density at radius 2 is 1.94 bits per heavy atom. The molecular weight excluding hydrogens is 458 g/mol. The van der Waals surface area contributed by atoms with Crippen molar-refractivity contribution in [2.45, 2.75) is 39.3 Å². The first-order chi connectivity index (χ1) is 14.9. The van der Waals surface area contributed by atoms with Crippen LogP contribution in [0.2, 0.25) is 0 Å². The molecule has 1 fully saturated rings. The summed E-state index contributed by atoms with van der Waals surface area (Å²) in [6.07, 6.45) is 1.30. The van der Waals surface area contributed by atoms with Gasteiger partial charge in [0, 0.05) is 30.0 Å². The summed E-state index contributed by atoms with van der Waals surface area (Å²) in [7, 11) is 0. The molecule has 164 valence electrons. The molecule has 2 aromatic rings. The van der Waals surface area contributed by atoms with Crippen molar-refractivity contribution in [2.75, 3.05) is 24.5 Å².